The second-order valence-electron chi connectivity index (χ2n) is 3.76. The van der Waals surface area contributed by atoms with E-state index in [0.29, 0.717) is 5.82 Å². The molecule has 0 aliphatic carbocycles. The summed E-state index contributed by atoms with van der Waals surface area (Å²) in [6.45, 7) is 4.10. The summed E-state index contributed by atoms with van der Waals surface area (Å²) >= 11 is 0. The van der Waals surface area contributed by atoms with Gasteiger partial charge in [-0.1, -0.05) is 13.3 Å². The van der Waals surface area contributed by atoms with Gasteiger partial charge >= 0.3 is 5.97 Å². The Bertz CT molecular complexity index is 379. The van der Waals surface area contributed by atoms with E-state index in [1.165, 1.54) is 12.3 Å². The van der Waals surface area contributed by atoms with E-state index in [1.54, 1.807) is 0 Å². The highest BCUT2D eigenvalue weighted by Crippen LogP contribution is 2.21. The van der Waals surface area contributed by atoms with Gasteiger partial charge in [-0.2, -0.15) is 0 Å². The number of hydrogen-bond acceptors (Lipinski definition) is 4. The second-order valence-corrected chi connectivity index (χ2v) is 3.76. The smallest absolute Gasteiger partial charge is 0.337 e. The maximum Gasteiger partial charge on any atom is 0.337 e. The van der Waals surface area contributed by atoms with Gasteiger partial charge in [-0.3, -0.25) is 0 Å². The maximum absolute atomic E-state index is 10.8. The van der Waals surface area contributed by atoms with E-state index in [4.69, 9.17) is 10.8 Å². The van der Waals surface area contributed by atoms with Crippen molar-refractivity contribution in [2.24, 2.45) is 0 Å². The van der Waals surface area contributed by atoms with Crippen LogP contribution in [0.2, 0.25) is 0 Å². The molecule has 4 N–H and O–H groups in total. The van der Waals surface area contributed by atoms with Gasteiger partial charge in [0.15, 0.2) is 0 Å². The van der Waals surface area contributed by atoms with Crippen molar-refractivity contribution in [2.75, 3.05) is 11.1 Å². The van der Waals surface area contributed by atoms with Gasteiger partial charge in [-0.05, 0) is 19.4 Å². The van der Waals surface area contributed by atoms with E-state index < -0.39 is 5.97 Å². The van der Waals surface area contributed by atoms with Gasteiger partial charge in [0.25, 0.3) is 0 Å². The van der Waals surface area contributed by atoms with Crippen LogP contribution in [0.4, 0.5) is 11.5 Å². The molecule has 5 nitrogen and oxygen atoms in total. The minimum atomic E-state index is -1.04. The molecule has 88 valence electrons. The molecule has 0 radical (unpaired) electrons. The van der Waals surface area contributed by atoms with E-state index in [1.807, 2.05) is 6.92 Å². The molecule has 0 aliphatic rings. The molecule has 1 unspecified atom stereocenters. The highest BCUT2D eigenvalue weighted by atomic mass is 16.4. The summed E-state index contributed by atoms with van der Waals surface area (Å²) in [5.74, 6) is -0.591. The molecule has 16 heavy (non-hydrogen) atoms. The van der Waals surface area contributed by atoms with Crippen molar-refractivity contribution < 1.29 is 9.90 Å². The fourth-order valence-corrected chi connectivity index (χ4v) is 1.51. The number of nitrogens with two attached hydrogens (primary N) is 1. The summed E-state index contributed by atoms with van der Waals surface area (Å²) in [6, 6.07) is 1.62. The second kappa shape index (κ2) is 5.34. The van der Waals surface area contributed by atoms with Crippen molar-refractivity contribution in [1.82, 2.24) is 4.98 Å². The zero-order chi connectivity index (χ0) is 12.1. The van der Waals surface area contributed by atoms with E-state index in [0.717, 1.165) is 12.8 Å². The SMILES string of the molecule is CCCC(C)Nc1nccc(C(=O)O)c1N. The third-order valence-corrected chi connectivity index (χ3v) is 2.33. The van der Waals surface area contributed by atoms with Crippen LogP contribution < -0.4 is 11.1 Å². The number of carboxylic acid groups (broad SMARTS) is 1. The molecule has 5 heteroatoms. The first-order valence-electron chi connectivity index (χ1n) is 5.30. The van der Waals surface area contributed by atoms with Crippen molar-refractivity contribution in [2.45, 2.75) is 32.7 Å². The van der Waals surface area contributed by atoms with Gasteiger partial charge in [0.05, 0.1) is 11.3 Å². The van der Waals surface area contributed by atoms with E-state index >= 15 is 0 Å². The molecule has 1 aromatic rings. The number of hydrogen-bond donors (Lipinski definition) is 3. The number of nitrogens with zero attached hydrogens (tertiary/aromatic N) is 1. The molecular weight excluding hydrogens is 206 g/mol. The van der Waals surface area contributed by atoms with Gasteiger partial charge in [0.2, 0.25) is 0 Å². The zero-order valence-electron chi connectivity index (χ0n) is 9.53. The van der Waals surface area contributed by atoms with Gasteiger partial charge in [-0.25, -0.2) is 9.78 Å². The Kier molecular flexibility index (Phi) is 4.10. The molecule has 0 aliphatic heterocycles. The van der Waals surface area contributed by atoms with Crippen LogP contribution in [0.15, 0.2) is 12.3 Å². The van der Waals surface area contributed by atoms with Crippen molar-refractivity contribution >= 4 is 17.5 Å². The van der Waals surface area contributed by atoms with Crippen LogP contribution in [0, 0.1) is 0 Å². The first-order chi connectivity index (χ1) is 7.56. The summed E-state index contributed by atoms with van der Waals surface area (Å²) in [6.07, 6.45) is 3.48. The first kappa shape index (κ1) is 12.3. The lowest BCUT2D eigenvalue weighted by atomic mass is 10.2. The molecule has 0 amide bonds. The molecule has 1 aromatic heterocycles. The lowest BCUT2D eigenvalue weighted by molar-refractivity contribution is 0.0698. The number of aromatic carboxylic acids is 1. The van der Waals surface area contributed by atoms with Gasteiger partial charge in [-0.15, -0.1) is 0 Å². The number of pyridine rings is 1. The van der Waals surface area contributed by atoms with Gasteiger partial charge < -0.3 is 16.2 Å². The van der Waals surface area contributed by atoms with Crippen molar-refractivity contribution in [1.29, 1.82) is 0 Å². The standard InChI is InChI=1S/C11H17N3O2/c1-3-4-7(2)14-10-9(12)8(11(15)16)5-6-13-10/h5-7H,3-4,12H2,1-2H3,(H,13,14)(H,15,16). The highest BCUT2D eigenvalue weighted by Gasteiger charge is 2.13. The molecule has 0 fully saturated rings. The monoisotopic (exact) mass is 223 g/mol. The zero-order valence-corrected chi connectivity index (χ0v) is 9.53. The lowest BCUT2D eigenvalue weighted by Gasteiger charge is -2.15. The van der Waals surface area contributed by atoms with Gasteiger partial charge in [0.1, 0.15) is 5.82 Å². The molecule has 0 aromatic carbocycles. The van der Waals surface area contributed by atoms with Crippen LogP contribution in [0.5, 0.6) is 0 Å². The van der Waals surface area contributed by atoms with Crippen molar-refractivity contribution in [3.63, 3.8) is 0 Å². The molecule has 1 rings (SSSR count). The predicted molar refractivity (Wildman–Crippen MR) is 63.6 cm³/mol. The highest BCUT2D eigenvalue weighted by molar-refractivity contribution is 5.96. The van der Waals surface area contributed by atoms with Crippen LogP contribution in [-0.4, -0.2) is 22.1 Å². The number of carbonyl (C=O) groups is 1. The molecule has 0 saturated heterocycles. The quantitative estimate of drug-likeness (QED) is 0.710. The Labute approximate surface area is 94.7 Å². The van der Waals surface area contributed by atoms with Crippen LogP contribution in [0.25, 0.3) is 0 Å². The first-order valence-corrected chi connectivity index (χ1v) is 5.30. The number of aromatic nitrogens is 1. The predicted octanol–water partition coefficient (Wildman–Crippen LogP) is 1.96. The molecular formula is C11H17N3O2. The van der Waals surface area contributed by atoms with Crippen LogP contribution in [0.3, 0.4) is 0 Å². The lowest BCUT2D eigenvalue weighted by Crippen LogP contribution is -2.18. The van der Waals surface area contributed by atoms with E-state index in [-0.39, 0.29) is 17.3 Å². The number of nitrogen functional groups attached to an aromatic ring is 1. The van der Waals surface area contributed by atoms with Crippen molar-refractivity contribution in [3.05, 3.63) is 17.8 Å². The Morgan fingerprint density at radius 2 is 2.38 bits per heavy atom. The topological polar surface area (TPSA) is 88.2 Å². The van der Waals surface area contributed by atoms with Crippen molar-refractivity contribution in [3.8, 4) is 0 Å². The number of rotatable bonds is 5. The number of carboxylic acids is 1. The minimum absolute atomic E-state index is 0.0844. The van der Waals surface area contributed by atoms with Gasteiger partial charge in [0, 0.05) is 12.2 Å². The number of anilines is 2. The summed E-state index contributed by atoms with van der Waals surface area (Å²) in [5.41, 5.74) is 6.00. The molecule has 0 saturated carbocycles. The Morgan fingerprint density at radius 3 is 2.94 bits per heavy atom. The Morgan fingerprint density at radius 1 is 1.69 bits per heavy atom. The summed E-state index contributed by atoms with van der Waals surface area (Å²) in [5, 5.41) is 12.0. The maximum atomic E-state index is 10.8. The molecule has 1 heterocycles. The van der Waals surface area contributed by atoms with Crippen LogP contribution in [0.1, 0.15) is 37.0 Å². The third kappa shape index (κ3) is 2.85. The molecule has 1 atom stereocenters. The molecule has 0 bridgehead atoms. The van der Waals surface area contributed by atoms with Crippen LogP contribution in [-0.2, 0) is 0 Å². The average molecular weight is 223 g/mol. The summed E-state index contributed by atoms with van der Waals surface area (Å²) in [4.78, 5) is 14.9. The Hall–Kier alpha value is -1.78. The van der Waals surface area contributed by atoms with Crippen LogP contribution >= 0.6 is 0 Å². The average Bonchev–Trinajstić information content (AvgIpc) is 2.21. The minimum Gasteiger partial charge on any atom is -0.478 e. The normalized spacial score (nSPS) is 12.1. The fraction of sp³-hybridized carbons (Fsp3) is 0.455. The summed E-state index contributed by atoms with van der Waals surface area (Å²) < 4.78 is 0. The number of nitrogens with one attached hydrogen (secondary N) is 1. The summed E-state index contributed by atoms with van der Waals surface area (Å²) in [7, 11) is 0. The third-order valence-electron chi connectivity index (χ3n) is 2.33. The fourth-order valence-electron chi connectivity index (χ4n) is 1.51. The van der Waals surface area contributed by atoms with E-state index in [9.17, 15) is 4.79 Å². The largest absolute Gasteiger partial charge is 0.478 e. The van der Waals surface area contributed by atoms with E-state index in [2.05, 4.69) is 17.2 Å². The molecule has 0 spiro atoms. The Balaban J connectivity index is 2.89.